The normalized spacial score (nSPS) is 12.5. The maximum absolute atomic E-state index is 5.18. The van der Waals surface area contributed by atoms with Crippen LogP contribution in [0.4, 0.5) is 0 Å². The third kappa shape index (κ3) is 6.77. The van der Waals surface area contributed by atoms with Crippen molar-refractivity contribution in [3.8, 4) is 72.8 Å². The number of rotatable bonds is 8. The Morgan fingerprint density at radius 1 is 0.400 bits per heavy atom. The van der Waals surface area contributed by atoms with Gasteiger partial charge in [0, 0.05) is 38.5 Å². The molecule has 0 aliphatic heterocycles. The van der Waals surface area contributed by atoms with E-state index in [4.69, 9.17) is 9.97 Å². The molecule has 0 unspecified atom stereocenters. The molecule has 3 nitrogen and oxygen atoms in total. The SMILES string of the molecule is C1=CCCC(c2c(-c3ccccc3)c(-c3ccccc3)c3c(c2-c2ccccc2)c2cc(-c4ccc(-c5nc(-c6ccccc6)c6ccccc6n5)cc4)ccc2n3-c2ccccc2)=C1. The summed E-state index contributed by atoms with van der Waals surface area (Å²) in [5, 5.41) is 3.50. The minimum atomic E-state index is 0.713. The van der Waals surface area contributed by atoms with Crippen molar-refractivity contribution in [3.63, 3.8) is 0 Å². The second-order valence-electron chi connectivity index (χ2n) is 16.7. The lowest BCUT2D eigenvalue weighted by Crippen LogP contribution is -2.03. The van der Waals surface area contributed by atoms with Gasteiger partial charge in [0.15, 0.2) is 5.82 Å². The first-order chi connectivity index (χ1) is 32.3. The Morgan fingerprint density at radius 3 is 1.60 bits per heavy atom. The van der Waals surface area contributed by atoms with Gasteiger partial charge in [-0.2, -0.15) is 0 Å². The van der Waals surface area contributed by atoms with Gasteiger partial charge in [-0.1, -0.05) is 206 Å². The maximum Gasteiger partial charge on any atom is 0.160 e. The lowest BCUT2D eigenvalue weighted by Gasteiger charge is -2.26. The van der Waals surface area contributed by atoms with E-state index >= 15 is 0 Å². The Morgan fingerprint density at radius 2 is 0.954 bits per heavy atom. The van der Waals surface area contributed by atoms with Crippen LogP contribution >= 0.6 is 0 Å². The topological polar surface area (TPSA) is 30.7 Å². The van der Waals surface area contributed by atoms with Crippen molar-refractivity contribution in [3.05, 3.63) is 242 Å². The van der Waals surface area contributed by atoms with Crippen molar-refractivity contribution < 1.29 is 0 Å². The molecular formula is C62H43N3. The second kappa shape index (κ2) is 16.4. The van der Waals surface area contributed by atoms with Gasteiger partial charge in [0.25, 0.3) is 0 Å². The van der Waals surface area contributed by atoms with Crippen LogP contribution in [-0.2, 0) is 0 Å². The highest BCUT2D eigenvalue weighted by Crippen LogP contribution is 2.53. The highest BCUT2D eigenvalue weighted by Gasteiger charge is 2.30. The zero-order chi connectivity index (χ0) is 43.1. The number of benzene rings is 9. The van der Waals surface area contributed by atoms with Crippen molar-refractivity contribution >= 4 is 38.3 Å². The van der Waals surface area contributed by atoms with E-state index in [0.29, 0.717) is 5.82 Å². The zero-order valence-electron chi connectivity index (χ0n) is 35.8. The Hall–Kier alpha value is -8.40. The third-order valence-electron chi connectivity index (χ3n) is 12.9. The van der Waals surface area contributed by atoms with Crippen LogP contribution in [0.15, 0.2) is 237 Å². The van der Waals surface area contributed by atoms with Crippen molar-refractivity contribution in [2.45, 2.75) is 12.8 Å². The zero-order valence-corrected chi connectivity index (χ0v) is 35.8. The summed E-state index contributed by atoms with van der Waals surface area (Å²) in [5.41, 5.74) is 19.7. The number of hydrogen-bond donors (Lipinski definition) is 0. The van der Waals surface area contributed by atoms with Gasteiger partial charge in [-0.25, -0.2) is 9.97 Å². The van der Waals surface area contributed by atoms with Crippen molar-refractivity contribution in [1.82, 2.24) is 14.5 Å². The Kier molecular flexibility index (Phi) is 9.65. The van der Waals surface area contributed by atoms with E-state index in [1.165, 1.54) is 60.8 Å². The molecule has 0 spiro atoms. The molecule has 0 atom stereocenters. The first-order valence-electron chi connectivity index (χ1n) is 22.5. The van der Waals surface area contributed by atoms with Gasteiger partial charge < -0.3 is 4.57 Å². The number of fused-ring (bicyclic) bond motifs is 4. The molecule has 0 bridgehead atoms. The van der Waals surface area contributed by atoms with Crippen LogP contribution in [0.25, 0.3) is 111 Å². The molecule has 0 fully saturated rings. The van der Waals surface area contributed by atoms with Gasteiger partial charge in [0.1, 0.15) is 0 Å². The summed E-state index contributed by atoms with van der Waals surface area (Å²) in [7, 11) is 0. The standard InChI is InChI=1S/C62H43N3/c1-7-21-43(22-8-1)55-56(44-23-9-2-10-24-44)58(46-27-13-4-14-28-46)61-59(57(55)45-25-11-3-12-26-45)52-41-49(39-40-54(52)65(61)50-31-17-6-18-32-50)42-35-37-48(38-36-42)62-63-53-34-20-19-33-51(53)60(64-62)47-29-15-5-16-30-47/h1-7,9-21,23-41H,8,22H2. The van der Waals surface area contributed by atoms with Crippen molar-refractivity contribution in [2.24, 2.45) is 0 Å². The summed E-state index contributed by atoms with van der Waals surface area (Å²) in [6.45, 7) is 0. The summed E-state index contributed by atoms with van der Waals surface area (Å²) in [6, 6.07) is 78.5. The van der Waals surface area contributed by atoms with E-state index in [0.717, 1.165) is 62.9 Å². The van der Waals surface area contributed by atoms with E-state index < -0.39 is 0 Å². The quantitative estimate of drug-likeness (QED) is 0.153. The molecule has 0 saturated carbocycles. The van der Waals surface area contributed by atoms with Crippen LogP contribution in [0.1, 0.15) is 18.4 Å². The first-order valence-corrected chi connectivity index (χ1v) is 22.5. The van der Waals surface area contributed by atoms with Gasteiger partial charge in [-0.15, -0.1) is 0 Å². The molecule has 0 amide bonds. The minimum Gasteiger partial charge on any atom is -0.309 e. The second-order valence-corrected chi connectivity index (χ2v) is 16.7. The summed E-state index contributed by atoms with van der Waals surface area (Å²) < 4.78 is 2.51. The first kappa shape index (κ1) is 38.3. The minimum absolute atomic E-state index is 0.713. The summed E-state index contributed by atoms with van der Waals surface area (Å²) in [6.07, 6.45) is 8.84. The number of aromatic nitrogens is 3. The molecule has 2 aromatic heterocycles. The molecule has 11 aromatic rings. The Bertz CT molecular complexity index is 3590. The Balaban J connectivity index is 1.15. The smallest absolute Gasteiger partial charge is 0.160 e. The lowest BCUT2D eigenvalue weighted by molar-refractivity contribution is 1.05. The van der Waals surface area contributed by atoms with E-state index in [1.54, 1.807) is 0 Å². The highest BCUT2D eigenvalue weighted by molar-refractivity contribution is 6.25. The number of para-hydroxylation sites is 2. The van der Waals surface area contributed by atoms with Crippen LogP contribution in [0.2, 0.25) is 0 Å². The van der Waals surface area contributed by atoms with Gasteiger partial charge in [-0.05, 0) is 93.3 Å². The molecule has 3 heteroatoms. The van der Waals surface area contributed by atoms with E-state index in [2.05, 4.69) is 229 Å². The third-order valence-corrected chi connectivity index (χ3v) is 12.9. The molecular weight excluding hydrogens is 787 g/mol. The summed E-state index contributed by atoms with van der Waals surface area (Å²) in [4.78, 5) is 10.2. The average Bonchev–Trinajstić information content (AvgIpc) is 3.73. The predicted octanol–water partition coefficient (Wildman–Crippen LogP) is 16.5. The fourth-order valence-corrected chi connectivity index (χ4v) is 9.94. The largest absolute Gasteiger partial charge is 0.309 e. The molecule has 12 rings (SSSR count). The number of hydrogen-bond acceptors (Lipinski definition) is 2. The average molecular weight is 830 g/mol. The fraction of sp³-hybridized carbons (Fsp3) is 0.0323. The summed E-state index contributed by atoms with van der Waals surface area (Å²) >= 11 is 0. The fourth-order valence-electron chi connectivity index (χ4n) is 9.94. The molecule has 1 aliphatic carbocycles. The van der Waals surface area contributed by atoms with Crippen LogP contribution in [0, 0.1) is 0 Å². The van der Waals surface area contributed by atoms with Gasteiger partial charge >= 0.3 is 0 Å². The molecule has 0 radical (unpaired) electrons. The Labute approximate surface area is 379 Å². The van der Waals surface area contributed by atoms with Gasteiger partial charge in [0.05, 0.1) is 22.2 Å². The maximum atomic E-state index is 5.18. The van der Waals surface area contributed by atoms with Crippen molar-refractivity contribution in [1.29, 1.82) is 0 Å². The van der Waals surface area contributed by atoms with E-state index in [1.807, 2.05) is 12.1 Å². The predicted molar refractivity (Wildman–Crippen MR) is 273 cm³/mol. The van der Waals surface area contributed by atoms with Gasteiger partial charge in [0.2, 0.25) is 0 Å². The van der Waals surface area contributed by atoms with Crippen LogP contribution < -0.4 is 0 Å². The number of allylic oxidation sites excluding steroid dienone is 4. The van der Waals surface area contributed by atoms with Gasteiger partial charge in [-0.3, -0.25) is 0 Å². The van der Waals surface area contributed by atoms with E-state index in [9.17, 15) is 0 Å². The van der Waals surface area contributed by atoms with E-state index in [-0.39, 0.29) is 0 Å². The molecule has 0 saturated heterocycles. The van der Waals surface area contributed by atoms with Crippen LogP contribution in [-0.4, -0.2) is 14.5 Å². The number of nitrogens with zero attached hydrogens (tertiary/aromatic N) is 3. The van der Waals surface area contributed by atoms with Crippen LogP contribution in [0.5, 0.6) is 0 Å². The molecule has 2 heterocycles. The molecule has 1 aliphatic rings. The molecule has 9 aromatic carbocycles. The molecule has 306 valence electrons. The molecule has 0 N–H and O–H groups in total. The monoisotopic (exact) mass is 829 g/mol. The molecule has 65 heavy (non-hydrogen) atoms. The highest BCUT2D eigenvalue weighted by atomic mass is 15.0. The lowest BCUT2D eigenvalue weighted by atomic mass is 9.78. The van der Waals surface area contributed by atoms with Crippen molar-refractivity contribution in [2.75, 3.05) is 0 Å². The summed E-state index contributed by atoms with van der Waals surface area (Å²) in [5.74, 6) is 0.713. The van der Waals surface area contributed by atoms with Crippen LogP contribution in [0.3, 0.4) is 0 Å².